The number of nitrogens with one attached hydrogen (secondary N) is 2. The van der Waals surface area contributed by atoms with Gasteiger partial charge in [-0.25, -0.2) is 4.98 Å². The number of anilines is 1. The fraction of sp³-hybridized carbons (Fsp3) is 0.387. The SMILES string of the molecule is CCCC(=O)NCc1ccc(Cn2ccnc(NC3CCN(CC(C)=Cc4ccccc4)CC3)c2=O)cc1. The van der Waals surface area contributed by atoms with Gasteiger partial charge in [0.15, 0.2) is 5.82 Å². The Morgan fingerprint density at radius 1 is 1.05 bits per heavy atom. The second-order valence-electron chi connectivity index (χ2n) is 10.1. The summed E-state index contributed by atoms with van der Waals surface area (Å²) < 4.78 is 1.69. The molecule has 1 aliphatic heterocycles. The molecule has 0 bridgehead atoms. The Morgan fingerprint density at radius 3 is 2.47 bits per heavy atom. The van der Waals surface area contributed by atoms with Crippen LogP contribution in [-0.2, 0) is 17.9 Å². The van der Waals surface area contributed by atoms with E-state index in [4.69, 9.17) is 0 Å². The normalized spacial score (nSPS) is 14.8. The maximum atomic E-state index is 13.1. The van der Waals surface area contributed by atoms with E-state index in [0.29, 0.717) is 25.3 Å². The monoisotopic (exact) mass is 513 g/mol. The third-order valence-corrected chi connectivity index (χ3v) is 6.87. The molecule has 1 saturated heterocycles. The summed E-state index contributed by atoms with van der Waals surface area (Å²) in [5.41, 5.74) is 4.55. The molecule has 7 nitrogen and oxygen atoms in total. The zero-order valence-electron chi connectivity index (χ0n) is 22.5. The molecule has 1 aromatic heterocycles. The van der Waals surface area contributed by atoms with E-state index in [1.165, 1.54) is 11.1 Å². The van der Waals surface area contributed by atoms with Gasteiger partial charge in [-0.2, -0.15) is 0 Å². The lowest BCUT2D eigenvalue weighted by Gasteiger charge is -2.32. The summed E-state index contributed by atoms with van der Waals surface area (Å²) >= 11 is 0. The molecule has 0 radical (unpaired) electrons. The first-order valence-electron chi connectivity index (χ1n) is 13.6. The fourth-order valence-electron chi connectivity index (χ4n) is 4.81. The van der Waals surface area contributed by atoms with Crippen molar-refractivity contribution >= 4 is 17.8 Å². The van der Waals surface area contributed by atoms with Crippen molar-refractivity contribution in [2.24, 2.45) is 0 Å². The molecule has 0 spiro atoms. The molecule has 3 aromatic rings. The van der Waals surface area contributed by atoms with E-state index in [0.717, 1.165) is 50.0 Å². The average Bonchev–Trinajstić information content (AvgIpc) is 2.92. The van der Waals surface area contributed by atoms with E-state index >= 15 is 0 Å². The van der Waals surface area contributed by atoms with Gasteiger partial charge in [0.2, 0.25) is 5.91 Å². The van der Waals surface area contributed by atoms with Crippen LogP contribution in [0.15, 0.2) is 77.4 Å². The van der Waals surface area contributed by atoms with Gasteiger partial charge in [0.25, 0.3) is 5.56 Å². The predicted octanol–water partition coefficient (Wildman–Crippen LogP) is 4.69. The smallest absolute Gasteiger partial charge is 0.293 e. The summed E-state index contributed by atoms with van der Waals surface area (Å²) in [4.78, 5) is 31.6. The van der Waals surface area contributed by atoms with Crippen molar-refractivity contribution in [3.8, 4) is 0 Å². The first-order chi connectivity index (χ1) is 18.5. The third kappa shape index (κ3) is 8.15. The van der Waals surface area contributed by atoms with Gasteiger partial charge in [0, 0.05) is 51.0 Å². The van der Waals surface area contributed by atoms with Crippen molar-refractivity contribution in [3.05, 3.63) is 99.6 Å². The Balaban J connectivity index is 1.27. The molecule has 2 aromatic carbocycles. The van der Waals surface area contributed by atoms with Gasteiger partial charge >= 0.3 is 0 Å². The Morgan fingerprint density at radius 2 is 1.76 bits per heavy atom. The molecule has 200 valence electrons. The van der Waals surface area contributed by atoms with Crippen molar-refractivity contribution in [3.63, 3.8) is 0 Å². The lowest BCUT2D eigenvalue weighted by Crippen LogP contribution is -2.41. The van der Waals surface area contributed by atoms with Crippen LogP contribution in [0.2, 0.25) is 0 Å². The minimum Gasteiger partial charge on any atom is -0.363 e. The van der Waals surface area contributed by atoms with Crippen LogP contribution in [0.25, 0.3) is 6.08 Å². The number of piperidine rings is 1. The zero-order valence-corrected chi connectivity index (χ0v) is 22.5. The summed E-state index contributed by atoms with van der Waals surface area (Å²) in [6.45, 7) is 8.11. The number of carbonyl (C=O) groups is 1. The van der Waals surface area contributed by atoms with Crippen molar-refractivity contribution < 1.29 is 4.79 Å². The Bertz CT molecular complexity index is 1260. The fourth-order valence-corrected chi connectivity index (χ4v) is 4.81. The molecule has 1 fully saturated rings. The van der Waals surface area contributed by atoms with Gasteiger partial charge in [0.1, 0.15) is 0 Å². The summed E-state index contributed by atoms with van der Waals surface area (Å²) in [7, 11) is 0. The number of hydrogen-bond donors (Lipinski definition) is 2. The standard InChI is InChI=1S/C31H39N5O2/c1-3-7-29(37)33-21-26-10-12-27(13-11-26)23-36-19-16-32-30(31(36)38)34-28-14-17-35(18-15-28)22-24(2)20-25-8-5-4-6-9-25/h4-6,8-13,16,19-20,28H,3,7,14-15,17-18,21-23H2,1-2H3,(H,32,34)(H,33,37). The summed E-state index contributed by atoms with van der Waals surface area (Å²) in [6.07, 6.45) is 9.01. The molecule has 2 heterocycles. The lowest BCUT2D eigenvalue weighted by molar-refractivity contribution is -0.121. The number of rotatable bonds is 11. The van der Waals surface area contributed by atoms with Gasteiger partial charge < -0.3 is 15.2 Å². The highest BCUT2D eigenvalue weighted by Gasteiger charge is 2.20. The highest BCUT2D eigenvalue weighted by molar-refractivity contribution is 5.75. The molecule has 38 heavy (non-hydrogen) atoms. The van der Waals surface area contributed by atoms with Crippen LogP contribution in [0.3, 0.4) is 0 Å². The largest absolute Gasteiger partial charge is 0.363 e. The molecule has 0 unspecified atom stereocenters. The summed E-state index contributed by atoms with van der Waals surface area (Å²) in [6, 6.07) is 18.7. The number of nitrogens with zero attached hydrogens (tertiary/aromatic N) is 3. The molecule has 0 atom stereocenters. The van der Waals surface area contributed by atoms with Gasteiger partial charge in [-0.15, -0.1) is 0 Å². The number of benzene rings is 2. The van der Waals surface area contributed by atoms with Gasteiger partial charge in [0.05, 0.1) is 6.54 Å². The van der Waals surface area contributed by atoms with Gasteiger partial charge in [-0.05, 0) is 42.9 Å². The van der Waals surface area contributed by atoms with E-state index in [2.05, 4.69) is 57.8 Å². The minimum absolute atomic E-state index is 0.0700. The minimum atomic E-state index is -0.104. The summed E-state index contributed by atoms with van der Waals surface area (Å²) in [5.74, 6) is 0.488. The second-order valence-corrected chi connectivity index (χ2v) is 10.1. The van der Waals surface area contributed by atoms with Crippen molar-refractivity contribution in [2.75, 3.05) is 25.0 Å². The molecular formula is C31H39N5O2. The summed E-state index contributed by atoms with van der Waals surface area (Å²) in [5, 5.41) is 6.34. The molecule has 2 N–H and O–H groups in total. The number of hydrogen-bond acceptors (Lipinski definition) is 5. The zero-order chi connectivity index (χ0) is 26.7. The van der Waals surface area contributed by atoms with Crippen molar-refractivity contribution in [1.82, 2.24) is 19.8 Å². The molecule has 4 rings (SSSR count). The van der Waals surface area contributed by atoms with E-state index in [1.54, 1.807) is 17.0 Å². The maximum absolute atomic E-state index is 13.1. The molecular weight excluding hydrogens is 474 g/mol. The predicted molar refractivity (Wildman–Crippen MR) is 154 cm³/mol. The van der Waals surface area contributed by atoms with Crippen LogP contribution in [0.4, 0.5) is 5.82 Å². The highest BCUT2D eigenvalue weighted by Crippen LogP contribution is 2.16. The third-order valence-electron chi connectivity index (χ3n) is 6.87. The van der Waals surface area contributed by atoms with Crippen molar-refractivity contribution in [2.45, 2.75) is 58.7 Å². The van der Waals surface area contributed by atoms with E-state index in [-0.39, 0.29) is 17.5 Å². The number of amides is 1. The average molecular weight is 514 g/mol. The van der Waals surface area contributed by atoms with Gasteiger partial charge in [-0.3, -0.25) is 14.5 Å². The Kier molecular flexibility index (Phi) is 9.87. The van der Waals surface area contributed by atoms with Gasteiger partial charge in [-0.1, -0.05) is 73.2 Å². The van der Waals surface area contributed by atoms with Crippen LogP contribution in [0, 0.1) is 0 Å². The number of likely N-dealkylation sites (tertiary alicyclic amines) is 1. The lowest BCUT2D eigenvalue weighted by atomic mass is 10.0. The molecule has 0 aliphatic carbocycles. The van der Waals surface area contributed by atoms with E-state index in [9.17, 15) is 9.59 Å². The highest BCUT2D eigenvalue weighted by atomic mass is 16.1. The molecule has 1 amide bonds. The van der Waals surface area contributed by atoms with Crippen LogP contribution in [0.1, 0.15) is 56.2 Å². The van der Waals surface area contributed by atoms with E-state index in [1.807, 2.05) is 37.3 Å². The molecule has 0 saturated carbocycles. The quantitative estimate of drug-likeness (QED) is 0.389. The maximum Gasteiger partial charge on any atom is 0.293 e. The first-order valence-corrected chi connectivity index (χ1v) is 13.6. The van der Waals surface area contributed by atoms with Crippen LogP contribution in [0.5, 0.6) is 0 Å². The molecule has 1 aliphatic rings. The van der Waals surface area contributed by atoms with E-state index < -0.39 is 0 Å². The second kappa shape index (κ2) is 13.7. The number of aromatic nitrogens is 2. The first kappa shape index (κ1) is 27.3. The van der Waals surface area contributed by atoms with Crippen LogP contribution in [-0.4, -0.2) is 46.0 Å². The Hall–Kier alpha value is -3.71. The van der Waals surface area contributed by atoms with Crippen LogP contribution >= 0.6 is 0 Å². The topological polar surface area (TPSA) is 79.3 Å². The molecule has 7 heteroatoms. The Labute approximate surface area is 225 Å². The van der Waals surface area contributed by atoms with Crippen LogP contribution < -0.4 is 16.2 Å². The van der Waals surface area contributed by atoms with Crippen molar-refractivity contribution in [1.29, 1.82) is 0 Å². The number of carbonyl (C=O) groups excluding carboxylic acids is 1.